The molecule has 3 aromatic rings. The molecule has 10 nitrogen and oxygen atoms in total. The number of hydrogen-bond acceptors (Lipinski definition) is 6. The Labute approximate surface area is 195 Å². The van der Waals surface area contributed by atoms with Crippen molar-refractivity contribution >= 4 is 35.7 Å². The maximum absolute atomic E-state index is 12.5. The number of benzene rings is 3. The van der Waals surface area contributed by atoms with Crippen LogP contribution in [0.1, 0.15) is 15.9 Å². The van der Waals surface area contributed by atoms with Gasteiger partial charge in [-0.25, -0.2) is 9.59 Å². The Morgan fingerprint density at radius 1 is 0.971 bits per heavy atom. The molecule has 2 amide bonds. The topological polar surface area (TPSA) is 155 Å². The Balaban J connectivity index is 1.58. The van der Waals surface area contributed by atoms with E-state index in [2.05, 4.69) is 21.1 Å². The minimum Gasteiger partial charge on any atom is -0.480 e. The van der Waals surface area contributed by atoms with Crippen LogP contribution in [0.15, 0.2) is 84.0 Å². The van der Waals surface area contributed by atoms with Crippen LogP contribution in [0.5, 0.6) is 5.75 Å². The molecule has 10 heteroatoms. The largest absolute Gasteiger partial charge is 0.480 e. The normalized spacial score (nSPS) is 11.4. The van der Waals surface area contributed by atoms with Gasteiger partial charge in [-0.1, -0.05) is 36.4 Å². The highest BCUT2D eigenvalue weighted by molar-refractivity contribution is 6.05. The van der Waals surface area contributed by atoms with Crippen molar-refractivity contribution in [1.82, 2.24) is 5.32 Å². The zero-order valence-corrected chi connectivity index (χ0v) is 18.0. The lowest BCUT2D eigenvalue weighted by Gasteiger charge is -2.15. The van der Waals surface area contributed by atoms with Crippen LogP contribution in [-0.4, -0.2) is 35.5 Å². The fourth-order valence-corrected chi connectivity index (χ4v) is 2.99. The van der Waals surface area contributed by atoms with Gasteiger partial charge in [-0.2, -0.15) is 5.10 Å². The van der Waals surface area contributed by atoms with Crippen LogP contribution in [0.4, 0.5) is 16.2 Å². The van der Waals surface area contributed by atoms with E-state index in [0.29, 0.717) is 28.3 Å². The highest BCUT2D eigenvalue weighted by Crippen LogP contribution is 2.15. The molecule has 0 aliphatic carbocycles. The number of ether oxygens (including phenoxy) is 1. The molecule has 0 unspecified atom stereocenters. The Morgan fingerprint density at radius 2 is 1.71 bits per heavy atom. The number of carbonyl (C=O) groups is 3. The first-order valence-corrected chi connectivity index (χ1v) is 10.2. The summed E-state index contributed by atoms with van der Waals surface area (Å²) in [5.74, 6) is 3.84. The van der Waals surface area contributed by atoms with Crippen LogP contribution >= 0.6 is 0 Å². The summed E-state index contributed by atoms with van der Waals surface area (Å²) in [6, 6.07) is 20.6. The number of carboxylic acid groups (broad SMARTS) is 1. The van der Waals surface area contributed by atoms with Crippen molar-refractivity contribution in [3.05, 3.63) is 90.0 Å². The predicted octanol–water partition coefficient (Wildman–Crippen LogP) is 3.04. The summed E-state index contributed by atoms with van der Waals surface area (Å²) in [4.78, 5) is 36.2. The van der Waals surface area contributed by atoms with Gasteiger partial charge in [-0.15, -0.1) is 0 Å². The van der Waals surface area contributed by atoms with Crippen molar-refractivity contribution in [3.8, 4) is 5.75 Å². The van der Waals surface area contributed by atoms with Gasteiger partial charge in [0.2, 0.25) is 0 Å². The number of nitrogens with zero attached hydrogens (tertiary/aromatic N) is 1. The van der Waals surface area contributed by atoms with Crippen molar-refractivity contribution in [2.24, 2.45) is 10.9 Å². The lowest BCUT2D eigenvalue weighted by atomic mass is 10.1. The average Bonchev–Trinajstić information content (AvgIpc) is 2.84. The second-order valence-electron chi connectivity index (χ2n) is 7.10. The number of hydrazone groups is 1. The number of carbonyl (C=O) groups excluding carboxylic acids is 2. The zero-order valence-electron chi connectivity index (χ0n) is 18.0. The van der Waals surface area contributed by atoms with Gasteiger partial charge in [-0.05, 0) is 48.0 Å². The third-order valence-corrected chi connectivity index (χ3v) is 4.63. The number of para-hydroxylation sites is 1. The molecular weight excluding hydrogens is 438 g/mol. The SMILES string of the molecule is NN=CNc1cccc(C(=O)Nc2ccc(C[C@H](NC(=O)Oc3ccccc3)C(=O)O)cc2)c1. The summed E-state index contributed by atoms with van der Waals surface area (Å²) in [7, 11) is 0. The van der Waals surface area contributed by atoms with Crippen LogP contribution in [0.3, 0.4) is 0 Å². The van der Waals surface area contributed by atoms with Gasteiger partial charge in [0.05, 0.1) is 0 Å². The highest BCUT2D eigenvalue weighted by atomic mass is 16.6. The Bertz CT molecular complexity index is 1170. The highest BCUT2D eigenvalue weighted by Gasteiger charge is 2.21. The zero-order chi connectivity index (χ0) is 24.3. The number of amides is 2. The molecule has 0 spiro atoms. The maximum Gasteiger partial charge on any atom is 0.413 e. The van der Waals surface area contributed by atoms with Crippen LogP contribution in [0, 0.1) is 0 Å². The van der Waals surface area contributed by atoms with Crippen molar-refractivity contribution in [2.75, 3.05) is 10.6 Å². The molecule has 3 aromatic carbocycles. The van der Waals surface area contributed by atoms with E-state index in [1.165, 1.54) is 6.34 Å². The molecule has 0 bridgehead atoms. The number of rotatable bonds is 9. The van der Waals surface area contributed by atoms with E-state index in [-0.39, 0.29) is 12.3 Å². The van der Waals surface area contributed by atoms with E-state index in [1.807, 2.05) is 0 Å². The summed E-state index contributed by atoms with van der Waals surface area (Å²) in [5.41, 5.74) is 2.25. The molecule has 0 aliphatic heterocycles. The lowest BCUT2D eigenvalue weighted by Crippen LogP contribution is -2.43. The number of hydrogen-bond donors (Lipinski definition) is 5. The van der Waals surface area contributed by atoms with Gasteiger partial charge in [0, 0.05) is 23.4 Å². The molecule has 1 atom stereocenters. The minimum absolute atomic E-state index is 0.0316. The number of aliphatic carboxylic acids is 1. The number of anilines is 2. The second-order valence-corrected chi connectivity index (χ2v) is 7.10. The van der Waals surface area contributed by atoms with E-state index in [1.54, 1.807) is 78.9 Å². The van der Waals surface area contributed by atoms with Gasteiger partial charge < -0.3 is 31.6 Å². The smallest absolute Gasteiger partial charge is 0.413 e. The van der Waals surface area contributed by atoms with Crippen molar-refractivity contribution < 1.29 is 24.2 Å². The number of nitrogens with one attached hydrogen (secondary N) is 3. The lowest BCUT2D eigenvalue weighted by molar-refractivity contribution is -0.139. The standard InChI is InChI=1S/C24H23N5O5/c25-27-15-26-19-6-4-5-17(14-19)22(30)28-18-11-9-16(10-12-18)13-21(23(31)32)29-24(33)34-20-7-2-1-3-8-20/h1-12,14-15,21H,13,25H2,(H,26,27)(H,28,30)(H,29,33)(H,31,32)/t21-/m0/s1. The molecular formula is C24H23N5O5. The van der Waals surface area contributed by atoms with E-state index in [4.69, 9.17) is 10.6 Å². The van der Waals surface area contributed by atoms with Crippen LogP contribution in [-0.2, 0) is 11.2 Å². The fraction of sp³-hybridized carbons (Fsp3) is 0.0833. The van der Waals surface area contributed by atoms with E-state index < -0.39 is 18.1 Å². The second kappa shape index (κ2) is 11.7. The summed E-state index contributed by atoms with van der Waals surface area (Å²) in [6.07, 6.45) is 0.470. The molecule has 3 rings (SSSR count). The van der Waals surface area contributed by atoms with E-state index in [9.17, 15) is 19.5 Å². The molecule has 0 heterocycles. The first-order valence-electron chi connectivity index (χ1n) is 10.2. The van der Waals surface area contributed by atoms with Crippen LogP contribution < -0.4 is 26.5 Å². The molecule has 0 aromatic heterocycles. The van der Waals surface area contributed by atoms with Crippen LogP contribution in [0.2, 0.25) is 0 Å². The monoisotopic (exact) mass is 461 g/mol. The molecule has 174 valence electrons. The Hall–Kier alpha value is -4.86. The quantitative estimate of drug-likeness (QED) is 0.142. The summed E-state index contributed by atoms with van der Waals surface area (Å²) >= 11 is 0. The van der Waals surface area contributed by atoms with Gasteiger partial charge in [0.1, 0.15) is 18.1 Å². The minimum atomic E-state index is -1.20. The first-order chi connectivity index (χ1) is 16.4. The Kier molecular flexibility index (Phi) is 8.17. The van der Waals surface area contributed by atoms with Crippen molar-refractivity contribution in [2.45, 2.75) is 12.5 Å². The van der Waals surface area contributed by atoms with Crippen LogP contribution in [0.25, 0.3) is 0 Å². The number of nitrogens with two attached hydrogens (primary N) is 1. The van der Waals surface area contributed by atoms with Gasteiger partial charge in [0.15, 0.2) is 0 Å². The molecule has 6 N–H and O–H groups in total. The van der Waals surface area contributed by atoms with Gasteiger partial charge >= 0.3 is 12.1 Å². The van der Waals surface area contributed by atoms with Crippen molar-refractivity contribution in [1.29, 1.82) is 0 Å². The van der Waals surface area contributed by atoms with Gasteiger partial charge in [0.25, 0.3) is 5.91 Å². The van der Waals surface area contributed by atoms with E-state index >= 15 is 0 Å². The number of carboxylic acids is 1. The molecule has 0 radical (unpaired) electrons. The summed E-state index contributed by atoms with van der Waals surface area (Å²) in [6.45, 7) is 0. The summed E-state index contributed by atoms with van der Waals surface area (Å²) in [5, 5.41) is 20.8. The summed E-state index contributed by atoms with van der Waals surface area (Å²) < 4.78 is 5.09. The molecule has 0 aliphatic rings. The third kappa shape index (κ3) is 7.09. The molecule has 0 saturated heterocycles. The van der Waals surface area contributed by atoms with E-state index in [0.717, 1.165) is 0 Å². The molecule has 34 heavy (non-hydrogen) atoms. The molecule has 0 saturated carbocycles. The maximum atomic E-state index is 12.5. The fourth-order valence-electron chi connectivity index (χ4n) is 2.99. The average molecular weight is 461 g/mol. The predicted molar refractivity (Wildman–Crippen MR) is 128 cm³/mol. The van der Waals surface area contributed by atoms with Gasteiger partial charge in [-0.3, -0.25) is 4.79 Å². The Morgan fingerprint density at radius 3 is 2.38 bits per heavy atom. The molecule has 0 fully saturated rings. The first kappa shape index (κ1) is 23.8. The third-order valence-electron chi connectivity index (χ3n) is 4.63. The van der Waals surface area contributed by atoms with Crippen molar-refractivity contribution in [3.63, 3.8) is 0 Å².